The van der Waals surface area contributed by atoms with E-state index in [1.165, 1.54) is 0 Å². The van der Waals surface area contributed by atoms with E-state index >= 15 is 0 Å². The van der Waals surface area contributed by atoms with Gasteiger partial charge in [0.25, 0.3) is 0 Å². The van der Waals surface area contributed by atoms with Crippen LogP contribution < -0.4 is 59.1 Å². The second-order valence-electron chi connectivity index (χ2n) is 0.408. The van der Waals surface area contributed by atoms with Crippen molar-refractivity contribution in [3.63, 3.8) is 0 Å². The third-order valence-electron chi connectivity index (χ3n) is 0. The van der Waals surface area contributed by atoms with Crippen molar-refractivity contribution in [2.75, 3.05) is 0 Å². The molecule has 0 rings (SSSR count). The van der Waals surface area contributed by atoms with Crippen molar-refractivity contribution in [3.8, 4) is 0 Å². The molecule has 0 fully saturated rings. The predicted octanol–water partition coefficient (Wildman–Crippen LogP) is -7.33. The topological polar surface area (TPSA) is 80.3 Å². The predicted molar refractivity (Wildman–Crippen MR) is 10.5 cm³/mol. The van der Waals surface area contributed by atoms with Gasteiger partial charge in [-0.1, -0.05) is 0 Å². The molecule has 0 aliphatic rings. The Kier molecular flexibility index (Phi) is 13.7. The van der Waals surface area contributed by atoms with Crippen molar-refractivity contribution in [2.24, 2.45) is 0 Å². The Morgan fingerprint density at radius 2 is 1.29 bits per heavy atom. The van der Waals surface area contributed by atoms with Gasteiger partial charge >= 0.3 is 59.1 Å². The fraction of sp³-hybridized carbons (Fsp3) is 0. The van der Waals surface area contributed by atoms with E-state index in [-0.39, 0.29) is 59.1 Å². The van der Waals surface area contributed by atoms with E-state index < -0.39 is 10.4 Å². The number of rotatable bonds is 0. The molecule has 4 nitrogen and oxygen atoms in total. The molecule has 0 N–H and O–H groups in total. The molecule has 0 aromatic heterocycles. The average molecular weight is 144 g/mol. The maximum absolute atomic E-state index is 8.52. The summed E-state index contributed by atoms with van der Waals surface area (Å²) >= 11 is 0. The van der Waals surface area contributed by atoms with Crippen molar-refractivity contribution >= 4 is 10.4 Å². The van der Waals surface area contributed by atoms with E-state index in [9.17, 15) is 0 Å². The number of hydrogen-bond donors (Lipinski definition) is 0. The molecule has 0 atom stereocenters. The normalized spacial score (nSPS) is 8.29. The molecule has 0 radical (unpaired) electrons. The summed E-state index contributed by atoms with van der Waals surface area (Å²) in [5.74, 6) is 0. The van der Waals surface area contributed by atoms with E-state index in [0.717, 1.165) is 0 Å². The molecule has 0 bridgehead atoms. The molecule has 0 aliphatic carbocycles. The minimum absolute atomic E-state index is 0. The van der Waals surface area contributed by atoms with Crippen LogP contribution in [0.25, 0.3) is 0 Å². The van der Waals surface area contributed by atoms with Crippen molar-refractivity contribution in [2.45, 2.75) is 0 Å². The van der Waals surface area contributed by atoms with Crippen LogP contribution in [0.2, 0.25) is 0 Å². The molecular weight excluding hydrogens is 144 g/mol. The van der Waals surface area contributed by atoms with E-state index in [2.05, 4.69) is 0 Å². The summed E-state index contributed by atoms with van der Waals surface area (Å²) in [7, 11) is -5.17. The maximum atomic E-state index is 8.52. The summed E-state index contributed by atoms with van der Waals surface area (Å²) in [6.45, 7) is 0. The maximum Gasteiger partial charge on any atom is 1.00 e. The Morgan fingerprint density at radius 1 is 1.29 bits per heavy atom. The van der Waals surface area contributed by atoms with Crippen molar-refractivity contribution in [3.05, 3.63) is 0 Å². The number of hydrogen-bond acceptors (Lipinski definition) is 4. The van der Waals surface area contributed by atoms with Gasteiger partial charge in [-0.05, 0) is 0 Å². The Labute approximate surface area is 85.8 Å². The first-order valence-electron chi connectivity index (χ1n) is 0.667. The van der Waals surface area contributed by atoms with Gasteiger partial charge in [0.1, 0.15) is 0 Å². The third kappa shape index (κ3) is 77.5. The Morgan fingerprint density at radius 3 is 1.29 bits per heavy atom. The molecular formula is Na2O4S. The average Bonchev–Trinajstić information content (AvgIpc) is 0.722. The molecule has 0 heterocycles. The molecule has 0 saturated carbocycles. The SMILES string of the molecule is O=S([O-])([O-])=[18O].[Na+].[Na+]. The second kappa shape index (κ2) is 6.00. The molecule has 0 aliphatic heterocycles. The molecule has 0 unspecified atom stereocenters. The van der Waals surface area contributed by atoms with Crippen molar-refractivity contribution < 1.29 is 76.6 Å². The van der Waals surface area contributed by atoms with Gasteiger partial charge < -0.3 is 9.11 Å². The summed E-state index contributed by atoms with van der Waals surface area (Å²) in [6.07, 6.45) is 0. The quantitative estimate of drug-likeness (QED) is 0.146. The standard InChI is InChI=1S/2Na.H2O4S/c;;1-5(2,3)4/h;;(H2,1,2,3,4)/q2*+1;/p-2/i;;1+2. The molecule has 0 amide bonds. The van der Waals surface area contributed by atoms with Crippen LogP contribution in [0.15, 0.2) is 0 Å². The van der Waals surface area contributed by atoms with Gasteiger partial charge in [-0.3, -0.25) is 8.42 Å². The molecule has 32 valence electrons. The monoisotopic (exact) mass is 144 g/mol. The van der Waals surface area contributed by atoms with Crippen LogP contribution in [0, 0.1) is 0 Å². The molecule has 0 saturated heterocycles. The largest absolute Gasteiger partial charge is 1.00 e. The zero-order chi connectivity index (χ0) is 4.50. The van der Waals surface area contributed by atoms with Crippen molar-refractivity contribution in [1.29, 1.82) is 0 Å². The summed E-state index contributed by atoms with van der Waals surface area (Å²) in [6, 6.07) is 0. The van der Waals surface area contributed by atoms with Crippen LogP contribution in [0.4, 0.5) is 0 Å². The van der Waals surface area contributed by atoms with Gasteiger partial charge in [0.15, 0.2) is 0 Å². The zero-order valence-corrected chi connectivity index (χ0v) is 8.86. The van der Waals surface area contributed by atoms with Crippen LogP contribution in [0.1, 0.15) is 0 Å². The van der Waals surface area contributed by atoms with E-state index in [1.807, 2.05) is 0 Å². The summed E-state index contributed by atoms with van der Waals surface area (Å²) in [5, 5.41) is 0. The van der Waals surface area contributed by atoms with Gasteiger partial charge in [0.2, 0.25) is 0 Å². The van der Waals surface area contributed by atoms with Gasteiger partial charge in [-0.2, -0.15) is 0 Å². The zero-order valence-electron chi connectivity index (χ0n) is 4.04. The van der Waals surface area contributed by atoms with Gasteiger partial charge in [-0.25, -0.2) is 0 Å². The van der Waals surface area contributed by atoms with Gasteiger partial charge in [0.05, 0.1) is 0 Å². The van der Waals surface area contributed by atoms with E-state index in [1.54, 1.807) is 0 Å². The fourth-order valence-corrected chi connectivity index (χ4v) is 0. The van der Waals surface area contributed by atoms with Crippen LogP contribution >= 0.6 is 0 Å². The summed E-state index contributed by atoms with van der Waals surface area (Å²) in [5.41, 5.74) is 0. The van der Waals surface area contributed by atoms with Gasteiger partial charge in [-0.15, -0.1) is 0 Å². The molecule has 0 spiro atoms. The van der Waals surface area contributed by atoms with Crippen LogP contribution in [0.5, 0.6) is 0 Å². The second-order valence-corrected chi connectivity index (χ2v) is 1.22. The van der Waals surface area contributed by atoms with Gasteiger partial charge in [0, 0.05) is 10.4 Å². The van der Waals surface area contributed by atoms with Crippen LogP contribution in [-0.2, 0) is 10.4 Å². The smallest absolute Gasteiger partial charge is 0.759 e. The first-order valence-corrected chi connectivity index (χ1v) is 2.00. The van der Waals surface area contributed by atoms with Crippen molar-refractivity contribution in [1.82, 2.24) is 0 Å². The molecule has 0 aromatic carbocycles. The van der Waals surface area contributed by atoms with Crippen LogP contribution in [-0.4, -0.2) is 17.5 Å². The van der Waals surface area contributed by atoms with E-state index in [0.29, 0.717) is 0 Å². The Hall–Kier alpha value is 1.87. The fourth-order valence-electron chi connectivity index (χ4n) is 0. The minimum Gasteiger partial charge on any atom is -0.759 e. The van der Waals surface area contributed by atoms with Crippen LogP contribution in [0.3, 0.4) is 0 Å². The van der Waals surface area contributed by atoms with E-state index in [4.69, 9.17) is 17.5 Å². The molecule has 7 heteroatoms. The minimum atomic E-state index is -5.17. The first-order chi connectivity index (χ1) is 2.00. The summed E-state index contributed by atoms with van der Waals surface area (Å²) in [4.78, 5) is 0. The Bertz CT molecular complexity index is 92.9. The Balaban J connectivity index is -0.0000000800. The summed E-state index contributed by atoms with van der Waals surface area (Å²) < 4.78 is 34.1. The first kappa shape index (κ1) is 15.9. The third-order valence-corrected chi connectivity index (χ3v) is 0. The molecule has 0 aromatic rings. The molecule has 7 heavy (non-hydrogen) atoms.